The van der Waals surface area contributed by atoms with E-state index in [9.17, 15) is 45.5 Å². The van der Waals surface area contributed by atoms with E-state index in [0.717, 1.165) is 57.8 Å². The molecule has 33 nitrogen and oxygen atoms in total. The molecule has 7 aliphatic rings. The molecule has 4 amide bonds. The molecule has 6 atom stereocenters. The highest BCUT2D eigenvalue weighted by molar-refractivity contribution is 9.10. The van der Waals surface area contributed by atoms with Gasteiger partial charge in [-0.25, -0.2) is 75.4 Å². The predicted octanol–water partition coefficient (Wildman–Crippen LogP) is 11.8. The molecule has 0 aromatic carbocycles. The number of hydrogen-bond donors (Lipinski definition) is 1. The van der Waals surface area contributed by atoms with Gasteiger partial charge < -0.3 is 72.5 Å². The van der Waals surface area contributed by atoms with Crippen molar-refractivity contribution in [2.75, 3.05) is 101 Å². The van der Waals surface area contributed by atoms with Crippen molar-refractivity contribution in [3.8, 4) is 11.4 Å². The van der Waals surface area contributed by atoms with E-state index in [1.807, 2.05) is 11.8 Å². The van der Waals surface area contributed by atoms with Crippen LogP contribution in [0.1, 0.15) is 187 Å². The van der Waals surface area contributed by atoms with Crippen LogP contribution in [-0.2, 0) is 47.2 Å². The van der Waals surface area contributed by atoms with Crippen LogP contribution in [0.25, 0.3) is 11.4 Å². The molecule has 4 bridgehead atoms. The lowest BCUT2D eigenvalue weighted by atomic mass is 9.79. The van der Waals surface area contributed by atoms with Crippen molar-refractivity contribution in [1.82, 2.24) is 59.8 Å². The Kier molecular flexibility index (Phi) is 27.5. The maximum absolute atomic E-state index is 14.0. The summed E-state index contributed by atoms with van der Waals surface area (Å²) in [5.41, 5.74) is -1.80. The second-order valence-corrected chi connectivity index (χ2v) is 33.1. The van der Waals surface area contributed by atoms with Gasteiger partial charge in [-0.15, -0.1) is 9.80 Å². The molecule has 42 heteroatoms. The number of nitrogens with two attached hydrogens (primary N) is 1. The summed E-state index contributed by atoms with van der Waals surface area (Å²) < 4.78 is 136. The van der Waals surface area contributed by atoms with E-state index >= 15 is 0 Å². The first-order valence-corrected chi connectivity index (χ1v) is 37.2. The van der Waals surface area contributed by atoms with Crippen LogP contribution in [0.3, 0.4) is 0 Å². The van der Waals surface area contributed by atoms with E-state index in [2.05, 4.69) is 87.4 Å². The molecule has 0 aliphatic carbocycles. The maximum Gasteiger partial charge on any atom is 0.498 e. The van der Waals surface area contributed by atoms with Gasteiger partial charge in [-0.2, -0.15) is 29.9 Å². The van der Waals surface area contributed by atoms with Gasteiger partial charge in [0.2, 0.25) is 46.9 Å². The third-order valence-electron chi connectivity index (χ3n) is 17.9. The van der Waals surface area contributed by atoms with Crippen molar-refractivity contribution in [2.45, 2.75) is 239 Å². The summed E-state index contributed by atoms with van der Waals surface area (Å²) in [5.74, 6) is 0.934. The average molecular weight is 1660 g/mol. The highest BCUT2D eigenvalue weighted by Gasteiger charge is 2.54. The lowest BCUT2D eigenvalue weighted by Crippen LogP contribution is -2.48. The molecule has 5 aromatic heterocycles. The maximum atomic E-state index is 14.0. The molecule has 12 rings (SSSR count). The van der Waals surface area contributed by atoms with E-state index in [4.69, 9.17) is 74.5 Å². The molecule has 0 saturated carbocycles. The van der Waals surface area contributed by atoms with Crippen molar-refractivity contribution >= 4 is 106 Å². The summed E-state index contributed by atoms with van der Waals surface area (Å²) in [4.78, 5) is 110. The van der Waals surface area contributed by atoms with E-state index in [1.54, 1.807) is 111 Å². The molecular weight excluding hydrogens is 1560 g/mol. The van der Waals surface area contributed by atoms with Gasteiger partial charge in [0.05, 0.1) is 110 Å². The number of anilines is 7. The minimum Gasteiger partial charge on any atom is -0.443 e. The molecule has 0 spiro atoms. The second-order valence-electron chi connectivity index (χ2n) is 31.9. The van der Waals surface area contributed by atoms with Gasteiger partial charge >= 0.3 is 31.5 Å². The van der Waals surface area contributed by atoms with Gasteiger partial charge in [0.1, 0.15) is 39.5 Å². The third kappa shape index (κ3) is 22.2. The highest BCUT2D eigenvalue weighted by Crippen LogP contribution is 2.40. The van der Waals surface area contributed by atoms with Crippen LogP contribution in [-0.4, -0.2) is 227 Å². The van der Waals surface area contributed by atoms with Gasteiger partial charge in [-0.3, -0.25) is 0 Å². The topological polar surface area (TPSA) is 361 Å². The molecule has 12 heterocycles. The van der Waals surface area contributed by atoms with Crippen LogP contribution < -0.4 is 40.6 Å². The van der Waals surface area contributed by atoms with Gasteiger partial charge in [0.15, 0.2) is 5.82 Å². The average Bonchev–Trinajstić information content (AvgIpc) is 1.70. The normalized spacial score (nSPS) is 21.5. The number of hydrogen-bond acceptors (Lipinski definition) is 31. The quantitative estimate of drug-likeness (QED) is 0.0729. The van der Waals surface area contributed by atoms with Gasteiger partial charge in [-0.1, -0.05) is 0 Å². The van der Waals surface area contributed by atoms with Crippen molar-refractivity contribution < 1.29 is 92.7 Å². The number of morpholine rings is 4. The number of halogens is 8. The van der Waals surface area contributed by atoms with Crippen molar-refractivity contribution in [2.24, 2.45) is 0 Å². The van der Waals surface area contributed by atoms with Crippen molar-refractivity contribution in [1.29, 1.82) is 0 Å². The SMILES string of the molecule is CC(C)(C)OC(=O)N(C(=O)OC(C)(C)C)c1ncc(B2OC(C)(C)C(C)(C)O2)c(C(F)F)n1.CC(C)(C)OC(=O)N(C(=O)OC(C)(C)C)c1ncc(Br)c(C(F)F)n1.C[C@H]1COCCN1c1nc(-c2cnc(N)nc2C(F)F)nc(N2C3CCC2COC3)n1.C[C@H]1COCCN1c1nc(Cl)nc(N2C3CCC2COC3)n1. The Balaban J connectivity index is 0.000000172. The molecule has 111 heavy (non-hydrogen) atoms. The number of carbonyl (C=O) groups excluding carboxylic acids is 4. The van der Waals surface area contributed by atoms with Crippen molar-refractivity contribution in [3.05, 3.63) is 45.4 Å². The Morgan fingerprint density at radius 2 is 0.883 bits per heavy atom. The molecule has 4 unspecified atom stereocenters. The number of nitrogens with zero attached hydrogens (tertiary/aromatic N) is 18. The minimum absolute atomic E-state index is 0.0375. The molecule has 0 radical (unpaired) electrons. The Bertz CT molecular complexity index is 4010. The number of imide groups is 2. The molecule has 7 fully saturated rings. The van der Waals surface area contributed by atoms with Crippen LogP contribution in [0.2, 0.25) is 5.28 Å². The highest BCUT2D eigenvalue weighted by atomic mass is 79.9. The van der Waals surface area contributed by atoms with Gasteiger partial charge in [-0.05, 0) is 178 Å². The first-order chi connectivity index (χ1) is 51.7. The van der Waals surface area contributed by atoms with E-state index < -0.39 is 113 Å². The number of fused-ring (bicyclic) bond motifs is 4. The first kappa shape index (κ1) is 86.9. The zero-order valence-corrected chi connectivity index (χ0v) is 67.6. The van der Waals surface area contributed by atoms with Gasteiger partial charge in [0.25, 0.3) is 19.3 Å². The number of ether oxygens (including phenoxy) is 8. The lowest BCUT2D eigenvalue weighted by Gasteiger charge is -2.36. The molecule has 5 aromatic rings. The largest absolute Gasteiger partial charge is 0.498 e. The summed E-state index contributed by atoms with van der Waals surface area (Å²) in [6.45, 7) is 36.8. The summed E-state index contributed by atoms with van der Waals surface area (Å²) in [6, 6.07) is 1.29. The molecule has 2 N–H and O–H groups in total. The van der Waals surface area contributed by atoms with Crippen molar-refractivity contribution in [3.63, 3.8) is 0 Å². The van der Waals surface area contributed by atoms with Crippen LogP contribution in [0.5, 0.6) is 0 Å². The molecule has 7 aliphatic heterocycles. The van der Waals surface area contributed by atoms with Crippen LogP contribution in [0.15, 0.2) is 23.1 Å². The number of carbonyl (C=O) groups is 4. The third-order valence-corrected chi connectivity index (χ3v) is 18.7. The van der Waals surface area contributed by atoms with Crippen LogP contribution >= 0.6 is 27.5 Å². The fraction of sp³-hybridized carbons (Fsp3) is 0.681. The number of rotatable bonds is 11. The zero-order valence-electron chi connectivity index (χ0n) is 65.3. The summed E-state index contributed by atoms with van der Waals surface area (Å²) >= 11 is 9.07. The summed E-state index contributed by atoms with van der Waals surface area (Å²) in [7, 11) is -1.16. The van der Waals surface area contributed by atoms with E-state index in [-0.39, 0.29) is 56.7 Å². The number of nitrogen functional groups attached to an aromatic ring is 1. The van der Waals surface area contributed by atoms with Gasteiger partial charge in [0, 0.05) is 37.1 Å². The first-order valence-electron chi connectivity index (χ1n) is 36.0. The Labute approximate surface area is 653 Å². The smallest absolute Gasteiger partial charge is 0.443 e. The molecular formula is C69H96BBrClF6N19O14. The van der Waals surface area contributed by atoms with E-state index in [0.29, 0.717) is 91.9 Å². The van der Waals surface area contributed by atoms with E-state index in [1.165, 1.54) is 6.20 Å². The lowest BCUT2D eigenvalue weighted by molar-refractivity contribution is 0.00578. The zero-order chi connectivity index (χ0) is 81.8. The monoisotopic (exact) mass is 1650 g/mol. The number of aromatic nitrogens is 12. The minimum atomic E-state index is -3.07. The van der Waals surface area contributed by atoms with Crippen LogP contribution in [0, 0.1) is 0 Å². The van der Waals surface area contributed by atoms with Crippen LogP contribution in [0.4, 0.5) is 87.2 Å². The summed E-state index contributed by atoms with van der Waals surface area (Å²) in [6.07, 6.45) is -5.93. The fourth-order valence-electron chi connectivity index (χ4n) is 12.2. The Morgan fingerprint density at radius 1 is 0.514 bits per heavy atom. The standard InChI is InChI=1S/C21H32BF2N3O6.C19H24F2N8O2.C15H20BrF2N3O4.C14H20ClN5O2/c1-18(2,3)30-16(28)27(17(29)31-19(4,5)6)15-25-11-12(13(26-15)14(23)24)22-32-20(7,8)21(9,10)33-22;1-10-7-30-5-4-28(10)18-25-16(13-6-23-17(22)24-14(13)15(20)21)26-19(27-18)29-11-2-3-12(29)9-31-8-11;1-14(2,3)24-12(22)21(13(23)25-15(4,5)6)11-19-7-8(16)9(20-11)10(17)18;1-9-6-21-5-4-19(9)13-16-12(15)17-14(18-13)20-10-2-3-11(20)8-22-7-10/h11,14H,1-10H3;6,10-12,15H,2-5,7-9H2,1H3,(H2,22,23,24);7,10H,1-6H3;9-11H,2-8H2,1H3/t;10-,11?,12?;;9-,10?,11?/m.0.0/s1. The fourth-order valence-corrected chi connectivity index (χ4v) is 12.7. The number of amides is 4. The predicted molar refractivity (Wildman–Crippen MR) is 398 cm³/mol. The molecule has 7 saturated heterocycles. The molecule has 610 valence electrons. The Hall–Kier alpha value is -8.09. The number of alkyl halides is 6. The Morgan fingerprint density at radius 3 is 1.28 bits per heavy atom. The second kappa shape index (κ2) is 35.1. The summed E-state index contributed by atoms with van der Waals surface area (Å²) in [5, 5.41) is 0.254.